The number of rotatable bonds is 5. The van der Waals surface area contributed by atoms with Crippen molar-refractivity contribution in [3.05, 3.63) is 12.7 Å². The Kier molecular flexibility index (Phi) is 5.20. The first-order chi connectivity index (χ1) is 6.76. The zero-order valence-electron chi connectivity index (χ0n) is 9.63. The van der Waals surface area contributed by atoms with E-state index in [1.165, 1.54) is 25.9 Å². The Hall–Kier alpha value is -0.340. The molecule has 2 unspecified atom stereocenters. The van der Waals surface area contributed by atoms with Gasteiger partial charge in [-0.05, 0) is 31.8 Å². The molecule has 0 aromatic heterocycles. The van der Waals surface area contributed by atoms with Crippen LogP contribution in [0.4, 0.5) is 0 Å². The molecule has 1 aliphatic heterocycles. The van der Waals surface area contributed by atoms with Gasteiger partial charge in [0.25, 0.3) is 0 Å². The van der Waals surface area contributed by atoms with Crippen molar-refractivity contribution in [2.45, 2.75) is 32.7 Å². The molecule has 0 bridgehead atoms. The minimum Gasteiger partial charge on any atom is -0.313 e. The van der Waals surface area contributed by atoms with Gasteiger partial charge in [-0.3, -0.25) is 4.90 Å². The SMILES string of the molecule is C=CCN(CC)CC1CC(C)CCN1. The molecular formula is C12H24N2. The summed E-state index contributed by atoms with van der Waals surface area (Å²) in [5.41, 5.74) is 0. The molecule has 2 heteroatoms. The van der Waals surface area contributed by atoms with Crippen LogP contribution in [-0.4, -0.2) is 37.1 Å². The fourth-order valence-electron chi connectivity index (χ4n) is 2.19. The van der Waals surface area contributed by atoms with Gasteiger partial charge in [-0.1, -0.05) is 19.9 Å². The van der Waals surface area contributed by atoms with Gasteiger partial charge < -0.3 is 5.32 Å². The van der Waals surface area contributed by atoms with Gasteiger partial charge in [0, 0.05) is 19.1 Å². The Balaban J connectivity index is 2.29. The molecule has 14 heavy (non-hydrogen) atoms. The van der Waals surface area contributed by atoms with Crippen LogP contribution in [-0.2, 0) is 0 Å². The molecule has 2 nitrogen and oxygen atoms in total. The smallest absolute Gasteiger partial charge is 0.0197 e. The zero-order valence-corrected chi connectivity index (χ0v) is 9.63. The summed E-state index contributed by atoms with van der Waals surface area (Å²) < 4.78 is 0. The summed E-state index contributed by atoms with van der Waals surface area (Å²) in [7, 11) is 0. The Morgan fingerprint density at radius 1 is 1.57 bits per heavy atom. The largest absolute Gasteiger partial charge is 0.313 e. The monoisotopic (exact) mass is 196 g/mol. The molecule has 0 spiro atoms. The van der Waals surface area contributed by atoms with Gasteiger partial charge in [0.1, 0.15) is 0 Å². The number of piperidine rings is 1. The zero-order chi connectivity index (χ0) is 10.4. The van der Waals surface area contributed by atoms with Crippen LogP contribution in [0.5, 0.6) is 0 Å². The van der Waals surface area contributed by atoms with Crippen molar-refractivity contribution >= 4 is 0 Å². The highest BCUT2D eigenvalue weighted by molar-refractivity contribution is 4.81. The maximum absolute atomic E-state index is 3.79. The van der Waals surface area contributed by atoms with Crippen LogP contribution in [0, 0.1) is 5.92 Å². The molecule has 1 heterocycles. The van der Waals surface area contributed by atoms with Crippen molar-refractivity contribution in [3.8, 4) is 0 Å². The van der Waals surface area contributed by atoms with E-state index in [-0.39, 0.29) is 0 Å². The predicted octanol–water partition coefficient (Wildman–Crippen LogP) is 1.88. The number of likely N-dealkylation sites (N-methyl/N-ethyl adjacent to an activating group) is 1. The molecule has 0 aliphatic carbocycles. The summed E-state index contributed by atoms with van der Waals surface area (Å²) >= 11 is 0. The Bertz CT molecular complexity index is 168. The number of nitrogens with zero attached hydrogens (tertiary/aromatic N) is 1. The van der Waals surface area contributed by atoms with Crippen molar-refractivity contribution < 1.29 is 0 Å². The van der Waals surface area contributed by atoms with Crippen molar-refractivity contribution in [2.24, 2.45) is 5.92 Å². The van der Waals surface area contributed by atoms with Gasteiger partial charge in [-0.15, -0.1) is 6.58 Å². The van der Waals surface area contributed by atoms with E-state index in [1.54, 1.807) is 0 Å². The van der Waals surface area contributed by atoms with Crippen molar-refractivity contribution in [1.29, 1.82) is 0 Å². The van der Waals surface area contributed by atoms with Gasteiger partial charge in [0.05, 0.1) is 0 Å². The predicted molar refractivity (Wildman–Crippen MR) is 62.5 cm³/mol. The fraction of sp³-hybridized carbons (Fsp3) is 0.833. The van der Waals surface area contributed by atoms with Crippen molar-refractivity contribution in [3.63, 3.8) is 0 Å². The summed E-state index contributed by atoms with van der Waals surface area (Å²) in [5.74, 6) is 0.892. The number of hydrogen-bond acceptors (Lipinski definition) is 2. The summed E-state index contributed by atoms with van der Waals surface area (Å²) in [5, 5.41) is 3.60. The van der Waals surface area contributed by atoms with Crippen LogP contribution in [0.1, 0.15) is 26.7 Å². The van der Waals surface area contributed by atoms with E-state index in [4.69, 9.17) is 0 Å². The molecule has 2 atom stereocenters. The quantitative estimate of drug-likeness (QED) is 0.675. The molecule has 0 saturated carbocycles. The minimum absolute atomic E-state index is 0.693. The lowest BCUT2D eigenvalue weighted by Crippen LogP contribution is -2.45. The third kappa shape index (κ3) is 3.81. The summed E-state index contributed by atoms with van der Waals surface area (Å²) in [4.78, 5) is 2.45. The third-order valence-corrected chi connectivity index (χ3v) is 3.07. The van der Waals surface area contributed by atoms with E-state index in [0.717, 1.165) is 19.0 Å². The Labute approximate surface area is 88.4 Å². The maximum Gasteiger partial charge on any atom is 0.0197 e. The van der Waals surface area contributed by atoms with Crippen LogP contribution in [0.25, 0.3) is 0 Å². The summed E-state index contributed by atoms with van der Waals surface area (Å²) in [6.45, 7) is 12.9. The standard InChI is InChI=1S/C12H24N2/c1-4-8-14(5-2)10-12-9-11(3)6-7-13-12/h4,11-13H,1,5-10H2,2-3H3. The second-order valence-electron chi connectivity index (χ2n) is 4.42. The van der Waals surface area contributed by atoms with Crippen LogP contribution in [0.3, 0.4) is 0 Å². The van der Waals surface area contributed by atoms with E-state index >= 15 is 0 Å². The first-order valence-corrected chi connectivity index (χ1v) is 5.82. The van der Waals surface area contributed by atoms with E-state index in [9.17, 15) is 0 Å². The van der Waals surface area contributed by atoms with E-state index in [1.807, 2.05) is 6.08 Å². The molecule has 1 fully saturated rings. The molecule has 0 amide bonds. The summed E-state index contributed by atoms with van der Waals surface area (Å²) in [6.07, 6.45) is 4.66. The summed E-state index contributed by atoms with van der Waals surface area (Å²) in [6, 6.07) is 0.693. The molecule has 0 radical (unpaired) electrons. The fourth-order valence-corrected chi connectivity index (χ4v) is 2.19. The molecule has 82 valence electrons. The second kappa shape index (κ2) is 6.20. The van der Waals surface area contributed by atoms with Crippen molar-refractivity contribution in [2.75, 3.05) is 26.2 Å². The molecule has 1 saturated heterocycles. The Morgan fingerprint density at radius 2 is 2.36 bits per heavy atom. The lowest BCUT2D eigenvalue weighted by molar-refractivity contribution is 0.227. The highest BCUT2D eigenvalue weighted by atomic mass is 15.1. The van der Waals surface area contributed by atoms with Crippen LogP contribution < -0.4 is 5.32 Å². The van der Waals surface area contributed by atoms with Gasteiger partial charge >= 0.3 is 0 Å². The van der Waals surface area contributed by atoms with Gasteiger partial charge in [0.15, 0.2) is 0 Å². The molecular weight excluding hydrogens is 172 g/mol. The molecule has 1 aliphatic rings. The average Bonchev–Trinajstić information content (AvgIpc) is 2.17. The average molecular weight is 196 g/mol. The normalized spacial score (nSPS) is 27.9. The van der Waals surface area contributed by atoms with Crippen molar-refractivity contribution in [1.82, 2.24) is 10.2 Å². The van der Waals surface area contributed by atoms with Crippen LogP contribution >= 0.6 is 0 Å². The van der Waals surface area contributed by atoms with Gasteiger partial charge in [0.2, 0.25) is 0 Å². The first kappa shape index (κ1) is 11.7. The maximum atomic E-state index is 3.79. The van der Waals surface area contributed by atoms with E-state index < -0.39 is 0 Å². The van der Waals surface area contributed by atoms with Gasteiger partial charge in [-0.25, -0.2) is 0 Å². The lowest BCUT2D eigenvalue weighted by atomic mass is 9.94. The molecule has 1 rings (SSSR count). The van der Waals surface area contributed by atoms with E-state index in [2.05, 4.69) is 30.6 Å². The highest BCUT2D eigenvalue weighted by Crippen LogP contribution is 2.15. The minimum atomic E-state index is 0.693. The third-order valence-electron chi connectivity index (χ3n) is 3.07. The molecule has 0 aromatic rings. The lowest BCUT2D eigenvalue weighted by Gasteiger charge is -2.32. The molecule has 0 aromatic carbocycles. The van der Waals surface area contributed by atoms with Crippen LogP contribution in [0.2, 0.25) is 0 Å². The van der Waals surface area contributed by atoms with Gasteiger partial charge in [-0.2, -0.15) is 0 Å². The number of hydrogen-bond donors (Lipinski definition) is 1. The van der Waals surface area contributed by atoms with Crippen LogP contribution in [0.15, 0.2) is 12.7 Å². The second-order valence-corrected chi connectivity index (χ2v) is 4.42. The topological polar surface area (TPSA) is 15.3 Å². The van der Waals surface area contributed by atoms with E-state index in [0.29, 0.717) is 6.04 Å². The number of nitrogens with one attached hydrogen (secondary N) is 1. The highest BCUT2D eigenvalue weighted by Gasteiger charge is 2.19. The molecule has 1 N–H and O–H groups in total. The first-order valence-electron chi connectivity index (χ1n) is 5.82. The Morgan fingerprint density at radius 3 is 2.93 bits per heavy atom.